The topological polar surface area (TPSA) is 89.9 Å². The van der Waals surface area contributed by atoms with Crippen molar-refractivity contribution in [1.82, 2.24) is 14.8 Å². The Bertz CT molecular complexity index is 1420. The molecule has 2 aliphatic heterocycles. The SMILES string of the molecule is Cc1cc(C(=O)CN2C(=O)NC3(CCCc4ccccc43)C2=O)c(C)n1Cc1ccc2c(c1)OCO2. The van der Waals surface area contributed by atoms with E-state index in [-0.39, 0.29) is 25.0 Å². The van der Waals surface area contributed by atoms with Crippen molar-refractivity contribution in [2.45, 2.75) is 45.2 Å². The van der Waals surface area contributed by atoms with Crippen LogP contribution in [0.3, 0.4) is 0 Å². The lowest BCUT2D eigenvalue weighted by Gasteiger charge is -2.33. The van der Waals surface area contributed by atoms with Gasteiger partial charge in [-0.25, -0.2) is 4.79 Å². The molecule has 184 valence electrons. The number of urea groups is 1. The minimum absolute atomic E-state index is 0.217. The molecule has 3 aliphatic rings. The number of rotatable bonds is 5. The number of carbonyl (C=O) groups is 3. The van der Waals surface area contributed by atoms with E-state index >= 15 is 0 Å². The molecule has 3 aromatic rings. The average Bonchev–Trinajstić information content (AvgIpc) is 3.52. The molecule has 3 heterocycles. The molecule has 1 saturated heterocycles. The van der Waals surface area contributed by atoms with Crippen LogP contribution in [0.2, 0.25) is 0 Å². The molecule has 1 spiro atoms. The van der Waals surface area contributed by atoms with Gasteiger partial charge in [-0.15, -0.1) is 0 Å². The standard InChI is InChI=1S/C28H27N3O5/c1-17-12-21(18(2)30(17)14-19-9-10-24-25(13-19)36-16-35-24)23(32)15-31-26(33)28(29-27(31)34)11-5-7-20-6-3-4-8-22(20)28/h3-4,6,8-10,12-13H,5,7,11,14-16H2,1-2H3,(H,29,34). The zero-order valence-electron chi connectivity index (χ0n) is 20.3. The van der Waals surface area contributed by atoms with Crippen molar-refractivity contribution < 1.29 is 23.9 Å². The second-order valence-corrected chi connectivity index (χ2v) is 9.72. The first-order chi connectivity index (χ1) is 17.4. The fourth-order valence-corrected chi connectivity index (χ4v) is 5.73. The third-order valence-corrected chi connectivity index (χ3v) is 7.60. The maximum atomic E-state index is 13.6. The number of hydrogen-bond donors (Lipinski definition) is 1. The van der Waals surface area contributed by atoms with Crippen molar-refractivity contribution in [1.29, 1.82) is 0 Å². The van der Waals surface area contributed by atoms with Crippen molar-refractivity contribution in [3.8, 4) is 11.5 Å². The number of fused-ring (bicyclic) bond motifs is 3. The maximum Gasteiger partial charge on any atom is 0.325 e. The number of aromatic nitrogens is 1. The molecule has 8 nitrogen and oxygen atoms in total. The van der Waals surface area contributed by atoms with E-state index in [4.69, 9.17) is 9.47 Å². The minimum Gasteiger partial charge on any atom is -0.454 e. The van der Waals surface area contributed by atoms with Crippen LogP contribution >= 0.6 is 0 Å². The first-order valence-electron chi connectivity index (χ1n) is 12.2. The van der Waals surface area contributed by atoms with Gasteiger partial charge in [0.2, 0.25) is 6.79 Å². The van der Waals surface area contributed by atoms with Gasteiger partial charge < -0.3 is 19.4 Å². The van der Waals surface area contributed by atoms with E-state index < -0.39 is 11.6 Å². The summed E-state index contributed by atoms with van der Waals surface area (Å²) in [6.07, 6.45) is 2.20. The molecule has 1 aromatic heterocycles. The largest absolute Gasteiger partial charge is 0.454 e. The highest BCUT2D eigenvalue weighted by Gasteiger charge is 2.54. The average molecular weight is 486 g/mol. The van der Waals surface area contributed by atoms with Crippen LogP contribution in [-0.2, 0) is 23.3 Å². The van der Waals surface area contributed by atoms with Gasteiger partial charge in [0.1, 0.15) is 5.54 Å². The number of hydrogen-bond acceptors (Lipinski definition) is 5. The lowest BCUT2D eigenvalue weighted by molar-refractivity contribution is -0.131. The minimum atomic E-state index is -1.08. The summed E-state index contributed by atoms with van der Waals surface area (Å²) >= 11 is 0. The van der Waals surface area contributed by atoms with Crippen molar-refractivity contribution in [2.24, 2.45) is 0 Å². The molecule has 0 bridgehead atoms. The van der Waals surface area contributed by atoms with Gasteiger partial charge in [0.05, 0.1) is 6.54 Å². The Morgan fingerprint density at radius 2 is 1.86 bits per heavy atom. The first kappa shape index (κ1) is 22.4. The van der Waals surface area contributed by atoms with Gasteiger partial charge in [-0.05, 0) is 68.0 Å². The van der Waals surface area contributed by atoms with Crippen LogP contribution in [0.5, 0.6) is 11.5 Å². The third kappa shape index (κ3) is 3.39. The summed E-state index contributed by atoms with van der Waals surface area (Å²) in [5.74, 6) is 0.831. The number of ether oxygens (including phenoxy) is 2. The summed E-state index contributed by atoms with van der Waals surface area (Å²) in [5.41, 5.74) is 4.07. The van der Waals surface area contributed by atoms with Crippen LogP contribution in [0.25, 0.3) is 0 Å². The number of benzene rings is 2. The lowest BCUT2D eigenvalue weighted by atomic mass is 9.76. The summed E-state index contributed by atoms with van der Waals surface area (Å²) in [5, 5.41) is 2.92. The van der Waals surface area contributed by atoms with E-state index in [9.17, 15) is 14.4 Å². The van der Waals surface area contributed by atoms with E-state index in [0.717, 1.165) is 51.6 Å². The molecule has 0 saturated carbocycles. The zero-order valence-corrected chi connectivity index (χ0v) is 20.3. The molecule has 3 amide bonds. The van der Waals surface area contributed by atoms with Crippen molar-refractivity contribution in [2.75, 3.05) is 13.3 Å². The van der Waals surface area contributed by atoms with E-state index in [2.05, 4.69) is 9.88 Å². The Labute approximate surface area is 208 Å². The number of aryl methyl sites for hydroxylation is 2. The fraction of sp³-hybridized carbons (Fsp3) is 0.321. The van der Waals surface area contributed by atoms with Gasteiger partial charge in [-0.1, -0.05) is 30.3 Å². The second kappa shape index (κ2) is 8.26. The van der Waals surface area contributed by atoms with Gasteiger partial charge in [0.25, 0.3) is 5.91 Å². The van der Waals surface area contributed by atoms with Crippen LogP contribution in [-0.4, -0.2) is 40.5 Å². The highest BCUT2D eigenvalue weighted by atomic mass is 16.7. The maximum absolute atomic E-state index is 13.6. The van der Waals surface area contributed by atoms with Crippen molar-refractivity contribution >= 4 is 17.7 Å². The Kier molecular flexibility index (Phi) is 5.14. The van der Waals surface area contributed by atoms with Gasteiger partial charge in [0, 0.05) is 23.5 Å². The summed E-state index contributed by atoms with van der Waals surface area (Å²) in [4.78, 5) is 41.0. The molecule has 1 N–H and O–H groups in total. The number of carbonyl (C=O) groups excluding carboxylic acids is 3. The van der Waals surface area contributed by atoms with Crippen LogP contribution < -0.4 is 14.8 Å². The molecule has 1 fully saturated rings. The van der Waals surface area contributed by atoms with Gasteiger partial charge in [-0.3, -0.25) is 14.5 Å². The van der Waals surface area contributed by atoms with Crippen LogP contribution in [0.1, 0.15) is 51.3 Å². The van der Waals surface area contributed by atoms with Crippen molar-refractivity contribution in [3.05, 3.63) is 82.2 Å². The smallest absolute Gasteiger partial charge is 0.325 e. The van der Waals surface area contributed by atoms with Crippen LogP contribution in [0.15, 0.2) is 48.5 Å². The zero-order chi connectivity index (χ0) is 25.0. The number of amides is 3. The molecular formula is C28H27N3O5. The summed E-state index contributed by atoms with van der Waals surface area (Å²) < 4.78 is 12.9. The monoisotopic (exact) mass is 485 g/mol. The van der Waals surface area contributed by atoms with Gasteiger partial charge >= 0.3 is 6.03 Å². The number of Topliss-reactive ketones (excluding diaryl/α,β-unsaturated/α-hetero) is 1. The fourth-order valence-electron chi connectivity index (χ4n) is 5.73. The molecule has 1 atom stereocenters. The number of ketones is 1. The van der Waals surface area contributed by atoms with E-state index in [1.54, 1.807) is 0 Å². The molecule has 0 radical (unpaired) electrons. The molecule has 8 heteroatoms. The molecule has 6 rings (SSSR count). The first-order valence-corrected chi connectivity index (χ1v) is 12.2. The summed E-state index contributed by atoms with van der Waals surface area (Å²) in [6, 6.07) is 14.8. The molecule has 2 aromatic carbocycles. The predicted molar refractivity (Wildman–Crippen MR) is 131 cm³/mol. The number of nitrogens with one attached hydrogen (secondary N) is 1. The third-order valence-electron chi connectivity index (χ3n) is 7.60. The molecule has 1 unspecified atom stereocenters. The van der Waals surface area contributed by atoms with Crippen molar-refractivity contribution in [3.63, 3.8) is 0 Å². The Morgan fingerprint density at radius 3 is 2.72 bits per heavy atom. The predicted octanol–water partition coefficient (Wildman–Crippen LogP) is 3.85. The Balaban J connectivity index is 1.24. The van der Waals surface area contributed by atoms with Gasteiger partial charge in [0.15, 0.2) is 17.3 Å². The van der Waals surface area contributed by atoms with Crippen LogP contribution in [0.4, 0.5) is 4.79 Å². The highest BCUT2D eigenvalue weighted by molar-refractivity contribution is 6.12. The lowest BCUT2D eigenvalue weighted by Crippen LogP contribution is -2.46. The highest BCUT2D eigenvalue weighted by Crippen LogP contribution is 2.40. The summed E-state index contributed by atoms with van der Waals surface area (Å²) in [6.45, 7) is 4.32. The van der Waals surface area contributed by atoms with E-state index in [1.165, 1.54) is 0 Å². The Morgan fingerprint density at radius 1 is 1.06 bits per heavy atom. The summed E-state index contributed by atoms with van der Waals surface area (Å²) in [7, 11) is 0. The molecular weight excluding hydrogens is 458 g/mol. The van der Waals surface area contributed by atoms with Crippen LogP contribution in [0, 0.1) is 13.8 Å². The Hall–Kier alpha value is -4.07. The number of nitrogens with zero attached hydrogens (tertiary/aromatic N) is 2. The normalized spacial score (nSPS) is 20.1. The second-order valence-electron chi connectivity index (χ2n) is 9.72. The van der Waals surface area contributed by atoms with E-state index in [0.29, 0.717) is 24.3 Å². The van der Waals surface area contributed by atoms with Gasteiger partial charge in [-0.2, -0.15) is 0 Å². The van der Waals surface area contributed by atoms with E-state index in [1.807, 2.05) is 62.4 Å². The quantitative estimate of drug-likeness (QED) is 0.438. The number of imide groups is 1. The molecule has 36 heavy (non-hydrogen) atoms. The molecule has 1 aliphatic carbocycles.